The average molecular weight is 293 g/mol. The van der Waals surface area contributed by atoms with Crippen LogP contribution in [0.2, 0.25) is 0 Å². The summed E-state index contributed by atoms with van der Waals surface area (Å²) in [6.07, 6.45) is -0.472. The molecule has 2 fully saturated rings. The highest BCUT2D eigenvalue weighted by molar-refractivity contribution is 5.82. The van der Waals surface area contributed by atoms with E-state index in [0.717, 1.165) is 0 Å². The van der Waals surface area contributed by atoms with E-state index in [1.54, 1.807) is 12.0 Å². The lowest BCUT2D eigenvalue weighted by Gasteiger charge is -2.41. The second-order valence-electron chi connectivity index (χ2n) is 5.07. The lowest BCUT2D eigenvalue weighted by Crippen LogP contribution is -2.60. The fraction of sp³-hybridized carbons (Fsp3) is 0.533. The normalized spacial score (nSPS) is 22.5. The van der Waals surface area contributed by atoms with Crippen LogP contribution in [0.5, 0.6) is 11.5 Å². The van der Waals surface area contributed by atoms with Gasteiger partial charge >= 0.3 is 0 Å². The van der Waals surface area contributed by atoms with Crippen molar-refractivity contribution in [1.82, 2.24) is 4.90 Å². The predicted octanol–water partition coefficient (Wildman–Crippen LogP) is 0.700. The first-order valence-electron chi connectivity index (χ1n) is 7.05. The van der Waals surface area contributed by atoms with Gasteiger partial charge in [0.15, 0.2) is 17.6 Å². The van der Waals surface area contributed by atoms with Crippen molar-refractivity contribution in [3.63, 3.8) is 0 Å². The Kier molecular flexibility index (Phi) is 4.26. The molecule has 2 saturated heterocycles. The minimum absolute atomic E-state index is 0.00485. The van der Waals surface area contributed by atoms with Crippen LogP contribution in [0.25, 0.3) is 0 Å². The molecule has 3 rings (SSSR count). The molecule has 6 heteroatoms. The van der Waals surface area contributed by atoms with Gasteiger partial charge in [0.1, 0.15) is 6.10 Å². The molecule has 0 radical (unpaired) electrons. The quantitative estimate of drug-likeness (QED) is 0.818. The molecule has 1 amide bonds. The lowest BCUT2D eigenvalue weighted by molar-refractivity contribution is -0.165. The molecule has 0 saturated carbocycles. The number of likely N-dealkylation sites (tertiary alicyclic amines) is 1. The molecule has 0 N–H and O–H groups in total. The van der Waals surface area contributed by atoms with Crippen molar-refractivity contribution in [2.45, 2.75) is 12.2 Å². The standard InChI is InChI=1S/C15H19NO5/c1-18-12-4-2-3-5-13(12)21-11-8-16(9-11)15(17)14-10-19-6-7-20-14/h2-5,11,14H,6-10H2,1H3/t14-/m0/s1. The van der Waals surface area contributed by atoms with Gasteiger partial charge in [-0.1, -0.05) is 12.1 Å². The highest BCUT2D eigenvalue weighted by Crippen LogP contribution is 2.28. The molecule has 1 aromatic rings. The predicted molar refractivity (Wildman–Crippen MR) is 74.5 cm³/mol. The van der Waals surface area contributed by atoms with Crippen molar-refractivity contribution >= 4 is 5.91 Å². The number of para-hydroxylation sites is 2. The molecule has 2 aliphatic heterocycles. The van der Waals surface area contributed by atoms with Crippen molar-refractivity contribution in [3.05, 3.63) is 24.3 Å². The highest BCUT2D eigenvalue weighted by atomic mass is 16.6. The summed E-state index contributed by atoms with van der Waals surface area (Å²) in [5.74, 6) is 1.38. The molecule has 2 heterocycles. The van der Waals surface area contributed by atoms with E-state index in [1.807, 2.05) is 24.3 Å². The van der Waals surface area contributed by atoms with Crippen LogP contribution in [0.15, 0.2) is 24.3 Å². The van der Waals surface area contributed by atoms with Crippen LogP contribution in [0.4, 0.5) is 0 Å². The zero-order valence-corrected chi connectivity index (χ0v) is 12.0. The number of amides is 1. The Balaban J connectivity index is 1.50. The number of carbonyl (C=O) groups is 1. The number of methoxy groups -OCH3 is 1. The van der Waals surface area contributed by atoms with Gasteiger partial charge in [0, 0.05) is 0 Å². The number of nitrogens with zero attached hydrogens (tertiary/aromatic N) is 1. The van der Waals surface area contributed by atoms with Gasteiger partial charge < -0.3 is 23.8 Å². The van der Waals surface area contributed by atoms with Crippen LogP contribution in [0, 0.1) is 0 Å². The van der Waals surface area contributed by atoms with Gasteiger partial charge in [-0.3, -0.25) is 4.79 Å². The second kappa shape index (κ2) is 6.32. The van der Waals surface area contributed by atoms with Crippen LogP contribution in [-0.2, 0) is 14.3 Å². The molecule has 0 bridgehead atoms. The maximum atomic E-state index is 12.1. The fourth-order valence-corrected chi connectivity index (χ4v) is 2.42. The first-order chi connectivity index (χ1) is 10.3. The van der Waals surface area contributed by atoms with Gasteiger partial charge in [0.05, 0.1) is 40.0 Å². The summed E-state index contributed by atoms with van der Waals surface area (Å²) in [5.41, 5.74) is 0. The molecular formula is C15H19NO5. The highest BCUT2D eigenvalue weighted by Gasteiger charge is 2.37. The van der Waals surface area contributed by atoms with Gasteiger partial charge in [-0.15, -0.1) is 0 Å². The molecule has 0 aromatic heterocycles. The SMILES string of the molecule is COc1ccccc1OC1CN(C(=O)[C@@H]2COCCO2)C1. The Morgan fingerprint density at radius 3 is 2.67 bits per heavy atom. The summed E-state index contributed by atoms with van der Waals surface area (Å²) < 4.78 is 21.8. The first-order valence-corrected chi connectivity index (χ1v) is 7.05. The summed E-state index contributed by atoms with van der Waals surface area (Å²) in [6, 6.07) is 7.50. The van der Waals surface area contributed by atoms with E-state index >= 15 is 0 Å². The molecular weight excluding hydrogens is 274 g/mol. The third kappa shape index (κ3) is 3.11. The van der Waals surface area contributed by atoms with E-state index in [1.165, 1.54) is 0 Å². The Labute approximate surface area is 123 Å². The van der Waals surface area contributed by atoms with Gasteiger partial charge in [-0.25, -0.2) is 0 Å². The molecule has 114 valence electrons. The zero-order valence-electron chi connectivity index (χ0n) is 12.0. The van der Waals surface area contributed by atoms with Crippen molar-refractivity contribution in [2.24, 2.45) is 0 Å². The number of hydrogen-bond acceptors (Lipinski definition) is 5. The van der Waals surface area contributed by atoms with E-state index in [0.29, 0.717) is 44.4 Å². The molecule has 0 spiro atoms. The Morgan fingerprint density at radius 2 is 2.00 bits per heavy atom. The molecule has 2 aliphatic rings. The maximum Gasteiger partial charge on any atom is 0.254 e. The summed E-state index contributed by atoms with van der Waals surface area (Å²) in [7, 11) is 1.61. The Bertz CT molecular complexity index is 495. The third-order valence-electron chi connectivity index (χ3n) is 3.61. The van der Waals surface area contributed by atoms with Crippen molar-refractivity contribution in [2.75, 3.05) is 40.0 Å². The van der Waals surface area contributed by atoms with E-state index in [4.69, 9.17) is 18.9 Å². The molecule has 21 heavy (non-hydrogen) atoms. The number of rotatable bonds is 4. The minimum atomic E-state index is -0.467. The van der Waals surface area contributed by atoms with Crippen LogP contribution in [0.1, 0.15) is 0 Å². The van der Waals surface area contributed by atoms with Crippen LogP contribution >= 0.6 is 0 Å². The van der Waals surface area contributed by atoms with Gasteiger partial charge in [-0.2, -0.15) is 0 Å². The third-order valence-corrected chi connectivity index (χ3v) is 3.61. The van der Waals surface area contributed by atoms with Crippen molar-refractivity contribution in [1.29, 1.82) is 0 Å². The molecule has 0 aliphatic carbocycles. The van der Waals surface area contributed by atoms with Gasteiger partial charge in [0.25, 0.3) is 5.91 Å². The maximum absolute atomic E-state index is 12.1. The van der Waals surface area contributed by atoms with E-state index in [2.05, 4.69) is 0 Å². The number of hydrogen-bond donors (Lipinski definition) is 0. The summed E-state index contributed by atoms with van der Waals surface area (Å²) in [6.45, 7) is 2.51. The summed E-state index contributed by atoms with van der Waals surface area (Å²) in [4.78, 5) is 13.9. The fourth-order valence-electron chi connectivity index (χ4n) is 2.42. The summed E-state index contributed by atoms with van der Waals surface area (Å²) >= 11 is 0. The van der Waals surface area contributed by atoms with E-state index in [-0.39, 0.29) is 12.0 Å². The summed E-state index contributed by atoms with van der Waals surface area (Å²) in [5, 5.41) is 0. The van der Waals surface area contributed by atoms with Crippen LogP contribution < -0.4 is 9.47 Å². The smallest absolute Gasteiger partial charge is 0.254 e. The van der Waals surface area contributed by atoms with Crippen molar-refractivity contribution < 1.29 is 23.7 Å². The average Bonchev–Trinajstić information content (AvgIpc) is 2.51. The van der Waals surface area contributed by atoms with E-state index in [9.17, 15) is 4.79 Å². The monoisotopic (exact) mass is 293 g/mol. The molecule has 1 atom stereocenters. The van der Waals surface area contributed by atoms with Gasteiger partial charge in [0.2, 0.25) is 0 Å². The topological polar surface area (TPSA) is 57.2 Å². The zero-order chi connectivity index (χ0) is 14.7. The lowest BCUT2D eigenvalue weighted by atomic mass is 10.1. The number of carbonyl (C=O) groups excluding carboxylic acids is 1. The Hall–Kier alpha value is -1.79. The van der Waals surface area contributed by atoms with Crippen LogP contribution in [0.3, 0.4) is 0 Å². The van der Waals surface area contributed by atoms with Crippen molar-refractivity contribution in [3.8, 4) is 11.5 Å². The van der Waals surface area contributed by atoms with Crippen LogP contribution in [-0.4, -0.2) is 63.0 Å². The Morgan fingerprint density at radius 1 is 1.24 bits per heavy atom. The second-order valence-corrected chi connectivity index (χ2v) is 5.07. The molecule has 6 nitrogen and oxygen atoms in total. The largest absolute Gasteiger partial charge is 0.493 e. The minimum Gasteiger partial charge on any atom is -0.493 e. The molecule has 1 aromatic carbocycles. The first kappa shape index (κ1) is 14.2. The molecule has 0 unspecified atom stereocenters. The number of ether oxygens (including phenoxy) is 4. The van der Waals surface area contributed by atoms with E-state index < -0.39 is 6.10 Å². The number of benzene rings is 1. The van der Waals surface area contributed by atoms with Gasteiger partial charge in [-0.05, 0) is 12.1 Å².